The van der Waals surface area contributed by atoms with E-state index in [1.807, 2.05) is 5.32 Å². The predicted molar refractivity (Wildman–Crippen MR) is 328 cm³/mol. The second-order valence-electron chi connectivity index (χ2n) is 30.4. The Morgan fingerprint density at radius 3 is 0.726 bits per heavy atom. The third-order valence-corrected chi connectivity index (χ3v) is 18.7. The summed E-state index contributed by atoms with van der Waals surface area (Å²) in [6.45, 7) is 6.08. The first-order valence-electron chi connectivity index (χ1n) is 33.9. The second kappa shape index (κ2) is 35.0. The molecule has 0 aromatic rings. The first kappa shape index (κ1) is 111. The van der Waals surface area contributed by atoms with Crippen molar-refractivity contribution in [1.82, 2.24) is 20.9 Å². The van der Waals surface area contributed by atoms with Crippen molar-refractivity contribution in [3.63, 3.8) is 0 Å². The third-order valence-electron chi connectivity index (χ3n) is 18.7. The molecular weight excluding hydrogens is 1850 g/mol. The molecular formula is C66H63F48N7O3. The van der Waals surface area contributed by atoms with Crippen molar-refractivity contribution in [2.45, 2.75) is 225 Å². The molecule has 0 unspecified atom stereocenters. The van der Waals surface area contributed by atoms with E-state index >= 15 is 87.8 Å². The smallest absolute Gasteiger partial charge is 0.395 e. The second-order valence-corrected chi connectivity index (χ2v) is 30.4. The molecule has 3 aliphatic carbocycles. The molecule has 0 saturated carbocycles. The lowest BCUT2D eigenvalue weighted by Crippen LogP contribution is -2.67. The van der Waals surface area contributed by atoms with Gasteiger partial charge in [0, 0.05) is 70.2 Å². The maximum absolute atomic E-state index is 15.9. The third kappa shape index (κ3) is 20.1. The molecule has 3 N–H and O–H groups in total. The monoisotopic (exact) mass is 1910 g/mol. The maximum atomic E-state index is 15.9. The Balaban J connectivity index is 2.24. The zero-order valence-electron chi connectivity index (χ0n) is 63.4. The van der Waals surface area contributed by atoms with Gasteiger partial charge in [-0.05, 0) is 71.5 Å². The van der Waals surface area contributed by atoms with Crippen molar-refractivity contribution in [3.05, 3.63) is 90.3 Å². The lowest BCUT2D eigenvalue weighted by atomic mass is 9.70. The fourth-order valence-electron chi connectivity index (χ4n) is 12.4. The molecule has 0 atom stereocenters. The Kier molecular flexibility index (Phi) is 31.3. The van der Waals surface area contributed by atoms with Crippen LogP contribution in [0, 0.1) is 40.7 Å². The van der Waals surface area contributed by atoms with Crippen molar-refractivity contribution in [2.24, 2.45) is 16.2 Å². The molecule has 3 rings (SSSR count). The van der Waals surface area contributed by atoms with Crippen molar-refractivity contribution < 1.29 is 225 Å². The molecule has 58 heteroatoms. The Hall–Kier alpha value is -7.21. The lowest BCUT2D eigenvalue weighted by Gasteiger charge is -2.43. The van der Waals surface area contributed by atoms with Crippen LogP contribution in [0.4, 0.5) is 211 Å². The minimum Gasteiger partial charge on any atom is -0.395 e. The average Bonchev–Trinajstić information content (AvgIpc) is 0.677. The van der Waals surface area contributed by atoms with E-state index < -0.39 is 346 Å². The number of rotatable bonds is 39. The van der Waals surface area contributed by atoms with E-state index in [1.165, 1.54) is 0 Å². The number of hydrogen-bond donors (Lipinski definition) is 3. The number of halogens is 48. The summed E-state index contributed by atoms with van der Waals surface area (Å²) in [4.78, 5) is 5.97. The van der Waals surface area contributed by atoms with Gasteiger partial charge in [0.05, 0.1) is 75.1 Å². The Bertz CT molecular complexity index is 3930. The van der Waals surface area contributed by atoms with Gasteiger partial charge in [-0.3, -0.25) is 4.90 Å². The summed E-state index contributed by atoms with van der Waals surface area (Å²) in [5.74, 6) is -143. The van der Waals surface area contributed by atoms with Crippen molar-refractivity contribution in [1.29, 1.82) is 5.26 Å². The quantitative estimate of drug-likeness (QED) is 0.0318. The fraction of sp³-hybridized carbons (Fsp3) is 0.773. The fourth-order valence-corrected chi connectivity index (χ4v) is 12.4. The van der Waals surface area contributed by atoms with Gasteiger partial charge in [0.15, 0.2) is 0 Å². The van der Waals surface area contributed by atoms with E-state index in [9.17, 15) is 128 Å². The molecule has 0 amide bonds. The molecule has 0 aliphatic heterocycles. The molecule has 0 saturated heterocycles. The van der Waals surface area contributed by atoms with Crippen LogP contribution in [0.25, 0.3) is 9.69 Å². The normalized spacial score (nSPS) is 19.3. The molecule has 0 aromatic heterocycles. The molecule has 0 heterocycles. The highest BCUT2D eigenvalue weighted by Crippen LogP contribution is 2.69. The molecule has 3 aliphatic rings. The molecule has 0 radical (unpaired) electrons. The Morgan fingerprint density at radius 2 is 0.516 bits per heavy atom. The highest BCUT2D eigenvalue weighted by molar-refractivity contribution is 5.56. The number of nitriles is 1. The number of alkyl halides is 48. The molecule has 10 nitrogen and oxygen atoms in total. The molecule has 124 heavy (non-hydrogen) atoms. The van der Waals surface area contributed by atoms with Gasteiger partial charge >= 0.3 is 131 Å². The number of hydrogen-bond acceptors (Lipinski definition) is 8. The average molecular weight is 1910 g/mol. The molecule has 0 spiro atoms. The summed E-state index contributed by atoms with van der Waals surface area (Å²) in [5.41, 5.74) is -39.1. The topological polar surface area (TPSA) is 99.5 Å². The van der Waals surface area contributed by atoms with Crippen LogP contribution >= 0.6 is 0 Å². The van der Waals surface area contributed by atoms with Gasteiger partial charge in [-0.25, -0.2) is 9.69 Å². The van der Waals surface area contributed by atoms with E-state index in [4.69, 9.17) is 27.4 Å². The number of allylic oxidation sites excluding steroid dienone is 10. The van der Waals surface area contributed by atoms with Crippen molar-refractivity contribution >= 4 is 0 Å². The zero-order chi connectivity index (χ0) is 98.1. The van der Waals surface area contributed by atoms with Crippen LogP contribution in [0.3, 0.4) is 0 Å². The summed E-state index contributed by atoms with van der Waals surface area (Å²) < 4.78 is 717. The summed E-state index contributed by atoms with van der Waals surface area (Å²) in [6, 6.07) is 0.601. The molecule has 716 valence electrons. The number of nitrogens with zero attached hydrogens (tertiary/aromatic N) is 4. The number of ether oxygens (including phenoxy) is 3. The summed E-state index contributed by atoms with van der Waals surface area (Å²) >= 11 is 0. The van der Waals surface area contributed by atoms with Gasteiger partial charge < -0.3 is 30.2 Å². The van der Waals surface area contributed by atoms with Crippen LogP contribution in [0.15, 0.2) is 67.5 Å². The maximum Gasteiger partial charge on any atom is 0.460 e. The number of nitrogens with one attached hydrogen (secondary N) is 3. The van der Waals surface area contributed by atoms with Crippen molar-refractivity contribution in [2.75, 3.05) is 78.9 Å². The van der Waals surface area contributed by atoms with Crippen LogP contribution in [-0.2, 0) is 14.2 Å². The van der Waals surface area contributed by atoms with E-state index in [-0.39, 0.29) is 0 Å². The largest absolute Gasteiger partial charge is 0.460 e. The van der Waals surface area contributed by atoms with Crippen molar-refractivity contribution in [3.8, 4) is 6.07 Å². The first-order chi connectivity index (χ1) is 54.6. The summed E-state index contributed by atoms with van der Waals surface area (Å²) in [5, 5.41) is 16.1. The van der Waals surface area contributed by atoms with Crippen LogP contribution in [0.1, 0.15) is 93.9 Å². The highest BCUT2D eigenvalue weighted by Gasteiger charge is 2.92. The van der Waals surface area contributed by atoms with Gasteiger partial charge in [0.2, 0.25) is 11.4 Å². The minimum absolute atomic E-state index is 0.571. The van der Waals surface area contributed by atoms with Gasteiger partial charge in [-0.15, -0.1) is 0 Å². The highest BCUT2D eigenvalue weighted by atomic mass is 19.5. The van der Waals surface area contributed by atoms with Gasteiger partial charge in [-0.1, -0.05) is 41.5 Å². The van der Waals surface area contributed by atoms with E-state index in [1.54, 1.807) is 0 Å². The van der Waals surface area contributed by atoms with Crippen LogP contribution in [-0.4, -0.2) is 215 Å². The summed E-state index contributed by atoms with van der Waals surface area (Å²) in [7, 11) is 0. The van der Waals surface area contributed by atoms with Gasteiger partial charge in [0.1, 0.15) is 6.07 Å². The molecule has 0 aromatic carbocycles. The predicted octanol–water partition coefficient (Wildman–Crippen LogP) is 23.2. The summed E-state index contributed by atoms with van der Waals surface area (Å²) in [6.07, 6.45) is -40.8. The van der Waals surface area contributed by atoms with Crippen LogP contribution < -0.4 is 16.0 Å². The molecule has 0 fully saturated rings. The minimum atomic E-state index is -8.60. The van der Waals surface area contributed by atoms with E-state index in [0.29, 0.717) is 19.9 Å². The zero-order valence-corrected chi connectivity index (χ0v) is 63.4. The van der Waals surface area contributed by atoms with Crippen LogP contribution in [0.5, 0.6) is 0 Å². The van der Waals surface area contributed by atoms with Crippen LogP contribution in [0.2, 0.25) is 0 Å². The SMILES string of the molecule is [C-]#[N+]C1=C(NCCOCCN(CCOCCNC2=C(C#N)C(=C(C(F)(F)C(F)(F)C(F)(F)C(F)(F)F)C(F)(F)C(F)(F)C(F)(F)C(F)(F)F)CC(C)(C)C2)CCOCCNC2=C([N+]#[C-])/C(=C(\C(F)(F)C(F)(F)C(C)(F)F)C(F)(F)C(F)(F)C(F)(F)C(F)(F)F)CC(C)(C)C2)CC(C)(C)C/C1=C(/C(F)(F)C(F)(F)C(C)(F)F)C(F)(F)C(F)(F)C(F)(F)C(F)(F)F. The first-order valence-corrected chi connectivity index (χ1v) is 33.9. The molecule has 0 bridgehead atoms. The van der Waals surface area contributed by atoms with Gasteiger partial charge in [0.25, 0.3) is 0 Å². The Labute approximate surface area is 667 Å². The Morgan fingerprint density at radius 1 is 0.315 bits per heavy atom. The van der Waals surface area contributed by atoms with E-state index in [0.717, 1.165) is 32.6 Å². The standard InChI is InChI=1S/C66H63F48N7O3/c1-42(2)23-30(39(49(75,76)55(87,88)59(95,96)63(103,104)105)50(77,78)56(89,90)60(97,98)64(106,107)108)33(29-115)34(26-42)118-11-17-122-20-14-121(15-21-123-18-12-119-35-27-43(3,4)24-31(37(35)116-9)40(47(71,72)53(83,84)45(7,67)68)51(79,80)57(91,92)61(99,100)65(109,110)111)16-22-124-19-13-120-36-28-44(5,6)25-32(38(36)117-10)41(48(73,74)54(85,86)46(8,69)70)52(81,82)58(93,94)62(101,102)66(112,113)114/h118-120H,11-28H2,1-8H3/b40-31+,41-32+. The van der Waals surface area contributed by atoms with E-state index in [2.05, 4.69) is 20.3 Å². The lowest BCUT2D eigenvalue weighted by molar-refractivity contribution is -0.407. The van der Waals surface area contributed by atoms with Gasteiger partial charge in [-0.2, -0.15) is 216 Å².